The molecule has 0 aliphatic carbocycles. The lowest BCUT2D eigenvalue weighted by molar-refractivity contribution is 0.282. The molecular formula is C10H10N2O. The van der Waals surface area contributed by atoms with Crippen molar-refractivity contribution in [3.8, 4) is 11.3 Å². The lowest BCUT2D eigenvalue weighted by Gasteiger charge is -1.99. The molecule has 3 heteroatoms. The molecule has 66 valence electrons. The number of nitrogens with one attached hydrogen (secondary N) is 1. The first-order valence-corrected chi connectivity index (χ1v) is 4.09. The molecule has 13 heavy (non-hydrogen) atoms. The van der Waals surface area contributed by atoms with Crippen molar-refractivity contribution in [1.82, 2.24) is 10.2 Å². The maximum Gasteiger partial charge on any atom is 0.0682 e. The summed E-state index contributed by atoms with van der Waals surface area (Å²) < 4.78 is 0. The molecule has 2 aromatic rings. The maximum atomic E-state index is 8.93. The number of rotatable bonds is 2. The summed E-state index contributed by atoms with van der Waals surface area (Å²) in [6.45, 7) is 0.0714. The Morgan fingerprint density at radius 3 is 2.92 bits per heavy atom. The number of hydrogen-bond donors (Lipinski definition) is 2. The second-order valence-corrected chi connectivity index (χ2v) is 2.83. The van der Waals surface area contributed by atoms with Crippen molar-refractivity contribution in [3.63, 3.8) is 0 Å². The summed E-state index contributed by atoms with van der Waals surface area (Å²) in [5.41, 5.74) is 2.92. The van der Waals surface area contributed by atoms with Crippen molar-refractivity contribution in [2.24, 2.45) is 0 Å². The van der Waals surface area contributed by atoms with Crippen molar-refractivity contribution in [2.45, 2.75) is 6.61 Å². The largest absolute Gasteiger partial charge is 0.392 e. The predicted octanol–water partition coefficient (Wildman–Crippen LogP) is 1.57. The van der Waals surface area contributed by atoms with Crippen LogP contribution in [0.5, 0.6) is 0 Å². The number of aromatic nitrogens is 2. The van der Waals surface area contributed by atoms with Gasteiger partial charge in [-0.3, -0.25) is 5.10 Å². The quantitative estimate of drug-likeness (QED) is 0.726. The number of nitrogens with zero attached hydrogens (tertiary/aromatic N) is 1. The third kappa shape index (κ3) is 1.60. The fourth-order valence-electron chi connectivity index (χ4n) is 1.25. The molecule has 1 aromatic carbocycles. The van der Waals surface area contributed by atoms with E-state index in [4.69, 9.17) is 5.11 Å². The molecule has 0 amide bonds. The molecule has 0 bridgehead atoms. The number of hydrogen-bond acceptors (Lipinski definition) is 2. The third-order valence-electron chi connectivity index (χ3n) is 1.92. The highest BCUT2D eigenvalue weighted by atomic mass is 16.3. The first-order valence-electron chi connectivity index (χ1n) is 4.09. The Bertz CT molecular complexity index is 382. The van der Waals surface area contributed by atoms with E-state index in [1.165, 1.54) is 0 Å². The maximum absolute atomic E-state index is 8.93. The number of aliphatic hydroxyl groups excluding tert-OH is 1. The Morgan fingerprint density at radius 2 is 2.23 bits per heavy atom. The van der Waals surface area contributed by atoms with Gasteiger partial charge in [-0.05, 0) is 23.3 Å². The van der Waals surface area contributed by atoms with Gasteiger partial charge in [0.2, 0.25) is 0 Å². The van der Waals surface area contributed by atoms with Crippen molar-refractivity contribution in [2.75, 3.05) is 0 Å². The number of benzene rings is 1. The van der Waals surface area contributed by atoms with Crippen molar-refractivity contribution in [1.29, 1.82) is 0 Å². The van der Waals surface area contributed by atoms with Crippen LogP contribution in [0.2, 0.25) is 0 Å². The molecule has 0 atom stereocenters. The van der Waals surface area contributed by atoms with Gasteiger partial charge in [-0.2, -0.15) is 5.10 Å². The minimum atomic E-state index is 0.0714. The molecule has 0 aliphatic rings. The minimum absolute atomic E-state index is 0.0714. The zero-order valence-corrected chi connectivity index (χ0v) is 7.07. The highest BCUT2D eigenvalue weighted by molar-refractivity contribution is 5.59. The van der Waals surface area contributed by atoms with Gasteiger partial charge in [-0.1, -0.05) is 18.2 Å². The first kappa shape index (κ1) is 8.01. The minimum Gasteiger partial charge on any atom is -0.392 e. The molecule has 0 unspecified atom stereocenters. The van der Waals surface area contributed by atoms with Crippen molar-refractivity contribution >= 4 is 0 Å². The Hall–Kier alpha value is -1.61. The number of H-pyrrole nitrogens is 1. The van der Waals surface area contributed by atoms with Gasteiger partial charge in [0.05, 0.1) is 12.3 Å². The molecule has 0 spiro atoms. The average Bonchev–Trinajstić information content (AvgIpc) is 2.71. The summed E-state index contributed by atoms with van der Waals surface area (Å²) in [6, 6.07) is 9.62. The van der Waals surface area contributed by atoms with E-state index in [1.807, 2.05) is 30.3 Å². The van der Waals surface area contributed by atoms with Gasteiger partial charge in [0.15, 0.2) is 0 Å². The SMILES string of the molecule is OCc1cccc(-c2ccn[nH]2)c1. The Morgan fingerprint density at radius 1 is 1.31 bits per heavy atom. The molecule has 2 N–H and O–H groups in total. The molecule has 1 heterocycles. The van der Waals surface area contributed by atoms with Crippen molar-refractivity contribution < 1.29 is 5.11 Å². The molecule has 3 nitrogen and oxygen atoms in total. The summed E-state index contributed by atoms with van der Waals surface area (Å²) >= 11 is 0. The lowest BCUT2D eigenvalue weighted by atomic mass is 10.1. The zero-order valence-electron chi connectivity index (χ0n) is 7.07. The van der Waals surface area contributed by atoms with E-state index in [9.17, 15) is 0 Å². The van der Waals surface area contributed by atoms with E-state index in [0.717, 1.165) is 16.8 Å². The van der Waals surface area contributed by atoms with Crippen LogP contribution in [0.1, 0.15) is 5.56 Å². The molecule has 0 saturated heterocycles. The Balaban J connectivity index is 2.41. The van der Waals surface area contributed by atoms with Crippen LogP contribution >= 0.6 is 0 Å². The van der Waals surface area contributed by atoms with Crippen LogP contribution < -0.4 is 0 Å². The van der Waals surface area contributed by atoms with Crippen molar-refractivity contribution in [3.05, 3.63) is 42.1 Å². The topological polar surface area (TPSA) is 48.9 Å². The molecule has 0 radical (unpaired) electrons. The van der Waals surface area contributed by atoms with Gasteiger partial charge >= 0.3 is 0 Å². The smallest absolute Gasteiger partial charge is 0.0682 e. The second kappa shape index (κ2) is 3.41. The van der Waals surface area contributed by atoms with Crippen LogP contribution in [0.4, 0.5) is 0 Å². The fraction of sp³-hybridized carbons (Fsp3) is 0.100. The summed E-state index contributed by atoms with van der Waals surface area (Å²) in [6.07, 6.45) is 1.71. The van der Waals surface area contributed by atoms with Gasteiger partial charge in [0, 0.05) is 6.20 Å². The normalized spacial score (nSPS) is 10.2. The monoisotopic (exact) mass is 174 g/mol. The lowest BCUT2D eigenvalue weighted by Crippen LogP contribution is -1.84. The Labute approximate surface area is 76.0 Å². The molecule has 1 aromatic heterocycles. The fourth-order valence-corrected chi connectivity index (χ4v) is 1.25. The van der Waals surface area contributed by atoms with E-state index >= 15 is 0 Å². The van der Waals surface area contributed by atoms with Crippen LogP contribution in [-0.4, -0.2) is 15.3 Å². The van der Waals surface area contributed by atoms with E-state index < -0.39 is 0 Å². The van der Waals surface area contributed by atoms with Crippen LogP contribution in [0.25, 0.3) is 11.3 Å². The van der Waals surface area contributed by atoms with Gasteiger partial charge in [0.25, 0.3) is 0 Å². The van der Waals surface area contributed by atoms with Crippen LogP contribution in [-0.2, 0) is 6.61 Å². The van der Waals surface area contributed by atoms with E-state index in [2.05, 4.69) is 10.2 Å². The predicted molar refractivity (Wildman–Crippen MR) is 49.9 cm³/mol. The van der Waals surface area contributed by atoms with Crippen LogP contribution in [0.3, 0.4) is 0 Å². The van der Waals surface area contributed by atoms with E-state index in [1.54, 1.807) is 6.20 Å². The number of aromatic amines is 1. The third-order valence-corrected chi connectivity index (χ3v) is 1.92. The van der Waals surface area contributed by atoms with Gasteiger partial charge in [-0.25, -0.2) is 0 Å². The van der Waals surface area contributed by atoms with Gasteiger partial charge < -0.3 is 5.11 Å². The molecule has 0 saturated carbocycles. The average molecular weight is 174 g/mol. The molecular weight excluding hydrogens is 164 g/mol. The zero-order chi connectivity index (χ0) is 9.10. The van der Waals surface area contributed by atoms with Crippen LogP contribution in [0, 0.1) is 0 Å². The highest BCUT2D eigenvalue weighted by Gasteiger charge is 1.98. The summed E-state index contributed by atoms with van der Waals surface area (Å²) in [5.74, 6) is 0. The van der Waals surface area contributed by atoms with Gasteiger partial charge in [-0.15, -0.1) is 0 Å². The Kier molecular flexibility index (Phi) is 2.10. The van der Waals surface area contributed by atoms with Gasteiger partial charge in [0.1, 0.15) is 0 Å². The highest BCUT2D eigenvalue weighted by Crippen LogP contribution is 2.17. The molecule has 0 aliphatic heterocycles. The summed E-state index contributed by atoms with van der Waals surface area (Å²) in [7, 11) is 0. The molecule has 0 fully saturated rings. The summed E-state index contributed by atoms with van der Waals surface area (Å²) in [4.78, 5) is 0. The van der Waals surface area contributed by atoms with E-state index in [0.29, 0.717) is 0 Å². The molecule has 2 rings (SSSR count). The standard InChI is InChI=1S/C10H10N2O/c13-7-8-2-1-3-9(6-8)10-4-5-11-12-10/h1-6,13H,7H2,(H,11,12). The summed E-state index contributed by atoms with van der Waals surface area (Å²) in [5, 5.41) is 15.7. The van der Waals surface area contributed by atoms with Crippen LogP contribution in [0.15, 0.2) is 36.5 Å². The number of aliphatic hydroxyl groups is 1. The first-order chi connectivity index (χ1) is 6.40. The second-order valence-electron chi connectivity index (χ2n) is 2.83. The van der Waals surface area contributed by atoms with E-state index in [-0.39, 0.29) is 6.61 Å².